The molecule has 1 saturated heterocycles. The van der Waals surface area contributed by atoms with E-state index in [-0.39, 0.29) is 16.4 Å². The number of nitrogens with one attached hydrogen (secondary N) is 1. The normalized spacial score (nSPS) is 15.7. The molecule has 0 saturated carbocycles. The molecule has 180 valence electrons. The fraction of sp³-hybridized carbons (Fsp3) is 0.160. The topological polar surface area (TPSA) is 54.3 Å². The van der Waals surface area contributed by atoms with Gasteiger partial charge in [0.2, 0.25) is 0 Å². The monoisotopic (exact) mass is 561 g/mol. The smallest absolute Gasteiger partial charge is 0.318 e. The second-order valence-electron chi connectivity index (χ2n) is 8.10. The van der Waals surface area contributed by atoms with Gasteiger partial charge in [0.1, 0.15) is 5.57 Å². The molecule has 0 bridgehead atoms. The summed E-state index contributed by atoms with van der Waals surface area (Å²) in [5.74, 6) is -1.52. The molecule has 2 heterocycles. The number of benzene rings is 2. The maximum atomic E-state index is 13.3. The first-order chi connectivity index (χ1) is 16.4. The number of anilines is 1. The molecule has 0 unspecified atom stereocenters. The van der Waals surface area contributed by atoms with Crippen molar-refractivity contribution in [3.63, 3.8) is 0 Å². The van der Waals surface area contributed by atoms with Gasteiger partial charge >= 0.3 is 6.18 Å². The van der Waals surface area contributed by atoms with Gasteiger partial charge in [-0.2, -0.15) is 13.2 Å². The van der Waals surface area contributed by atoms with Crippen LogP contribution in [0.2, 0.25) is 0 Å². The Morgan fingerprint density at radius 2 is 1.71 bits per heavy atom. The lowest BCUT2D eigenvalue weighted by Gasteiger charge is -2.29. The molecule has 35 heavy (non-hydrogen) atoms. The number of nitrogens with zero attached hydrogens (tertiary/aromatic N) is 2. The molecule has 4 rings (SSSR count). The van der Waals surface area contributed by atoms with Crippen molar-refractivity contribution in [1.29, 1.82) is 0 Å². The van der Waals surface area contributed by atoms with Crippen LogP contribution in [-0.2, 0) is 15.8 Å². The van der Waals surface area contributed by atoms with E-state index in [1.165, 1.54) is 18.2 Å². The number of hydrogen-bond donors (Lipinski definition) is 1. The predicted molar refractivity (Wildman–Crippen MR) is 135 cm³/mol. The lowest BCUT2D eigenvalue weighted by atomic mass is 10.1. The van der Waals surface area contributed by atoms with Crippen molar-refractivity contribution >= 4 is 56.8 Å². The van der Waals surface area contributed by atoms with Gasteiger partial charge in [0.15, 0.2) is 5.11 Å². The van der Waals surface area contributed by atoms with Gasteiger partial charge in [-0.1, -0.05) is 22.0 Å². The molecule has 0 spiro atoms. The summed E-state index contributed by atoms with van der Waals surface area (Å²) in [7, 11) is 0. The van der Waals surface area contributed by atoms with Crippen LogP contribution in [0.25, 0.3) is 11.8 Å². The van der Waals surface area contributed by atoms with Crippen LogP contribution in [0.5, 0.6) is 0 Å². The summed E-state index contributed by atoms with van der Waals surface area (Å²) < 4.78 is 42.6. The quantitative estimate of drug-likeness (QED) is 0.242. The fourth-order valence-corrected chi connectivity index (χ4v) is 4.50. The van der Waals surface area contributed by atoms with Crippen molar-refractivity contribution < 1.29 is 22.8 Å². The van der Waals surface area contributed by atoms with Crippen LogP contribution < -0.4 is 10.2 Å². The van der Waals surface area contributed by atoms with E-state index in [0.717, 1.165) is 44.1 Å². The minimum absolute atomic E-state index is 0.0865. The van der Waals surface area contributed by atoms with Gasteiger partial charge < -0.3 is 4.57 Å². The molecule has 1 aliphatic heterocycles. The lowest BCUT2D eigenvalue weighted by molar-refractivity contribution is -0.137. The first-order valence-electron chi connectivity index (χ1n) is 10.4. The Morgan fingerprint density at radius 1 is 1.00 bits per heavy atom. The van der Waals surface area contributed by atoms with Crippen LogP contribution in [-0.4, -0.2) is 21.5 Å². The molecule has 3 aromatic rings. The second-order valence-corrected chi connectivity index (χ2v) is 9.34. The molecule has 1 fully saturated rings. The Balaban J connectivity index is 1.76. The molecule has 0 radical (unpaired) electrons. The van der Waals surface area contributed by atoms with E-state index in [0.29, 0.717) is 5.56 Å². The molecule has 5 nitrogen and oxygen atoms in total. The van der Waals surface area contributed by atoms with Gasteiger partial charge in [-0.05, 0) is 92.7 Å². The van der Waals surface area contributed by atoms with Gasteiger partial charge in [0.05, 0.1) is 11.3 Å². The van der Waals surface area contributed by atoms with Gasteiger partial charge in [0, 0.05) is 21.5 Å². The Morgan fingerprint density at radius 3 is 2.37 bits per heavy atom. The van der Waals surface area contributed by atoms with Gasteiger partial charge in [0.25, 0.3) is 11.8 Å². The first-order valence-corrected chi connectivity index (χ1v) is 11.6. The fourth-order valence-electron chi connectivity index (χ4n) is 3.97. The number of thiocarbonyl (C=S) groups is 1. The molecule has 2 amide bonds. The third-order valence-electron chi connectivity index (χ3n) is 5.70. The van der Waals surface area contributed by atoms with Crippen molar-refractivity contribution in [2.75, 3.05) is 4.90 Å². The molecule has 0 atom stereocenters. The molecule has 2 aromatic carbocycles. The summed E-state index contributed by atoms with van der Waals surface area (Å²) in [6.07, 6.45) is -3.16. The minimum atomic E-state index is -4.60. The maximum Gasteiger partial charge on any atom is 0.416 e. The van der Waals surface area contributed by atoms with Crippen LogP contribution >= 0.6 is 28.1 Å². The van der Waals surface area contributed by atoms with E-state index in [2.05, 4.69) is 21.2 Å². The van der Waals surface area contributed by atoms with Crippen molar-refractivity contribution in [3.8, 4) is 5.69 Å². The third kappa shape index (κ3) is 4.68. The van der Waals surface area contributed by atoms with Crippen molar-refractivity contribution in [2.45, 2.75) is 26.9 Å². The molecule has 10 heteroatoms. The van der Waals surface area contributed by atoms with Gasteiger partial charge in [-0.3, -0.25) is 19.8 Å². The largest absolute Gasteiger partial charge is 0.416 e. The van der Waals surface area contributed by atoms with Gasteiger partial charge in [-0.15, -0.1) is 0 Å². The van der Waals surface area contributed by atoms with E-state index >= 15 is 0 Å². The van der Waals surface area contributed by atoms with Crippen molar-refractivity contribution in [2.24, 2.45) is 0 Å². The number of aromatic nitrogens is 1. The maximum absolute atomic E-state index is 13.3. The Kier molecular flexibility index (Phi) is 6.46. The van der Waals surface area contributed by atoms with Crippen LogP contribution in [0, 0.1) is 20.8 Å². The average molecular weight is 562 g/mol. The summed E-state index contributed by atoms with van der Waals surface area (Å²) in [6, 6.07) is 12.0. The summed E-state index contributed by atoms with van der Waals surface area (Å²) in [6.45, 7) is 5.73. The van der Waals surface area contributed by atoms with Crippen molar-refractivity contribution in [3.05, 3.63) is 86.7 Å². The van der Waals surface area contributed by atoms with E-state index < -0.39 is 23.6 Å². The molecular weight excluding hydrogens is 543 g/mol. The minimum Gasteiger partial charge on any atom is -0.318 e. The average Bonchev–Trinajstić information content (AvgIpc) is 3.05. The molecule has 1 aromatic heterocycles. The number of rotatable bonds is 3. The first kappa shape index (κ1) is 24.9. The summed E-state index contributed by atoms with van der Waals surface area (Å²) in [5, 5.41) is 2.12. The zero-order chi connectivity index (χ0) is 25.7. The highest BCUT2D eigenvalue weighted by Gasteiger charge is 2.36. The molecule has 1 N–H and O–H groups in total. The summed E-state index contributed by atoms with van der Waals surface area (Å²) in [5.41, 5.74) is 3.00. The van der Waals surface area contributed by atoms with Crippen LogP contribution in [0.3, 0.4) is 0 Å². The number of alkyl halides is 3. The summed E-state index contributed by atoms with van der Waals surface area (Å²) in [4.78, 5) is 26.9. The molecule has 1 aliphatic rings. The second kappa shape index (κ2) is 9.09. The number of amides is 2. The number of halogens is 4. The van der Waals surface area contributed by atoms with Crippen molar-refractivity contribution in [1.82, 2.24) is 9.88 Å². The van der Waals surface area contributed by atoms with E-state index in [4.69, 9.17) is 12.2 Å². The molecular formula is C25H19BrF3N3O2S. The third-order valence-corrected chi connectivity index (χ3v) is 6.88. The Labute approximate surface area is 213 Å². The number of hydrogen-bond acceptors (Lipinski definition) is 3. The predicted octanol–water partition coefficient (Wildman–Crippen LogP) is 6.02. The Bertz CT molecular complexity index is 1430. The standard InChI is InChI=1S/C25H19BrF3N3O2S/c1-13-9-19(7-8-21(13)26)31-14(2)10-16(15(31)3)11-20-22(33)30-24(35)32(23(20)34)18-6-4-5-17(12-18)25(27,28)29/h4-12H,1-3H3,(H,30,33,35)/b20-11+. The highest BCUT2D eigenvalue weighted by atomic mass is 79.9. The number of carbonyl (C=O) groups excluding carboxylic acids is 2. The number of aryl methyl sites for hydroxylation is 2. The number of carbonyl (C=O) groups is 2. The van der Waals surface area contributed by atoms with Crippen LogP contribution in [0.1, 0.15) is 28.1 Å². The van der Waals surface area contributed by atoms with Gasteiger partial charge in [-0.25, -0.2) is 0 Å². The lowest BCUT2D eigenvalue weighted by Crippen LogP contribution is -2.54. The van der Waals surface area contributed by atoms with Crippen LogP contribution in [0.4, 0.5) is 18.9 Å². The molecule has 0 aliphatic carbocycles. The zero-order valence-electron chi connectivity index (χ0n) is 18.8. The van der Waals surface area contributed by atoms with E-state index in [1.54, 1.807) is 0 Å². The summed E-state index contributed by atoms with van der Waals surface area (Å²) >= 11 is 8.60. The van der Waals surface area contributed by atoms with E-state index in [9.17, 15) is 22.8 Å². The zero-order valence-corrected chi connectivity index (χ0v) is 21.2. The highest BCUT2D eigenvalue weighted by molar-refractivity contribution is 9.10. The van der Waals surface area contributed by atoms with E-state index in [1.807, 2.05) is 49.6 Å². The highest BCUT2D eigenvalue weighted by Crippen LogP contribution is 2.33. The Hall–Kier alpha value is -3.24. The SMILES string of the molecule is Cc1cc(-n2c(C)cc(/C=C3\C(=O)NC(=S)N(c4cccc(C(F)(F)F)c4)C3=O)c2C)ccc1Br. The van der Waals surface area contributed by atoms with Crippen LogP contribution in [0.15, 0.2) is 58.6 Å².